The molecule has 0 saturated heterocycles. The van der Waals surface area contributed by atoms with E-state index in [2.05, 4.69) is 10.6 Å². The van der Waals surface area contributed by atoms with Crippen molar-refractivity contribution in [3.05, 3.63) is 33.8 Å². The van der Waals surface area contributed by atoms with Crippen LogP contribution in [0.1, 0.15) is 39.3 Å². The first-order chi connectivity index (χ1) is 11.5. The highest BCUT2D eigenvalue weighted by atomic mass is 35.5. The lowest BCUT2D eigenvalue weighted by Gasteiger charge is -2.24. The molecule has 0 radical (unpaired) electrons. The van der Waals surface area contributed by atoms with Gasteiger partial charge in [-0.1, -0.05) is 29.3 Å². The summed E-state index contributed by atoms with van der Waals surface area (Å²) in [7, 11) is 1.62. The molecule has 0 saturated carbocycles. The van der Waals surface area contributed by atoms with Crippen LogP contribution >= 0.6 is 23.2 Å². The minimum atomic E-state index is -0.550. The number of nitrogens with zero attached hydrogens (tertiary/aromatic N) is 1. The molecule has 1 rings (SSSR count). The molecule has 0 bridgehead atoms. The molecule has 0 aliphatic rings. The van der Waals surface area contributed by atoms with E-state index in [0.717, 1.165) is 5.56 Å². The number of amides is 3. The Hall–Kier alpha value is -1.66. The SMILES string of the molecule is CC(NC(=O)NCCN(C)C(=O)OC(C)(C)C)c1ccc(Cl)c(Cl)c1. The second-order valence-electron chi connectivity index (χ2n) is 6.70. The zero-order valence-electron chi connectivity index (χ0n) is 15.2. The number of likely N-dealkylation sites (N-methyl/N-ethyl adjacent to an activating group) is 1. The predicted molar refractivity (Wildman–Crippen MR) is 100 cm³/mol. The molecule has 6 nitrogen and oxygen atoms in total. The van der Waals surface area contributed by atoms with Gasteiger partial charge in [0, 0.05) is 20.1 Å². The van der Waals surface area contributed by atoms with E-state index in [-0.39, 0.29) is 12.1 Å². The third-order valence-corrected chi connectivity index (χ3v) is 3.97. The van der Waals surface area contributed by atoms with E-state index in [4.69, 9.17) is 27.9 Å². The van der Waals surface area contributed by atoms with Crippen molar-refractivity contribution >= 4 is 35.3 Å². The van der Waals surface area contributed by atoms with Crippen molar-refractivity contribution in [2.24, 2.45) is 0 Å². The van der Waals surface area contributed by atoms with Crippen molar-refractivity contribution in [2.75, 3.05) is 20.1 Å². The Bertz CT molecular complexity index is 618. The zero-order valence-corrected chi connectivity index (χ0v) is 16.7. The first kappa shape index (κ1) is 21.4. The van der Waals surface area contributed by atoms with Crippen LogP contribution in [0.25, 0.3) is 0 Å². The third kappa shape index (κ3) is 7.84. The molecule has 140 valence electrons. The van der Waals surface area contributed by atoms with Gasteiger partial charge in [-0.2, -0.15) is 0 Å². The van der Waals surface area contributed by atoms with Gasteiger partial charge in [0.05, 0.1) is 16.1 Å². The molecule has 2 N–H and O–H groups in total. The Morgan fingerprint density at radius 1 is 1.24 bits per heavy atom. The number of nitrogens with one attached hydrogen (secondary N) is 2. The molecule has 0 aromatic heterocycles. The first-order valence-electron chi connectivity index (χ1n) is 7.93. The summed E-state index contributed by atoms with van der Waals surface area (Å²) in [5, 5.41) is 6.40. The van der Waals surface area contributed by atoms with Crippen LogP contribution in [0.3, 0.4) is 0 Å². The zero-order chi connectivity index (χ0) is 19.2. The lowest BCUT2D eigenvalue weighted by molar-refractivity contribution is 0.0301. The van der Waals surface area contributed by atoms with Crippen LogP contribution < -0.4 is 10.6 Å². The van der Waals surface area contributed by atoms with Crippen LogP contribution in [0.15, 0.2) is 18.2 Å². The van der Waals surface area contributed by atoms with Crippen molar-refractivity contribution in [3.63, 3.8) is 0 Å². The predicted octanol–water partition coefficient (Wildman–Crippen LogP) is 4.22. The average Bonchev–Trinajstić information content (AvgIpc) is 2.48. The van der Waals surface area contributed by atoms with Crippen molar-refractivity contribution in [2.45, 2.75) is 39.3 Å². The van der Waals surface area contributed by atoms with E-state index < -0.39 is 11.7 Å². The van der Waals surface area contributed by atoms with Gasteiger partial charge >= 0.3 is 12.1 Å². The Morgan fingerprint density at radius 3 is 2.44 bits per heavy atom. The van der Waals surface area contributed by atoms with Crippen LogP contribution in [-0.2, 0) is 4.74 Å². The first-order valence-corrected chi connectivity index (χ1v) is 8.68. The standard InChI is InChI=1S/C17H25Cl2N3O3/c1-11(12-6-7-13(18)14(19)10-12)21-15(23)20-8-9-22(5)16(24)25-17(2,3)4/h6-7,10-11H,8-9H2,1-5H3,(H2,20,21,23). The summed E-state index contributed by atoms with van der Waals surface area (Å²) in [5.74, 6) is 0. The van der Waals surface area contributed by atoms with E-state index >= 15 is 0 Å². The highest BCUT2D eigenvalue weighted by Gasteiger charge is 2.19. The van der Waals surface area contributed by atoms with E-state index in [1.807, 2.05) is 6.92 Å². The lowest BCUT2D eigenvalue weighted by atomic mass is 10.1. The van der Waals surface area contributed by atoms with Gasteiger partial charge in [0.25, 0.3) is 0 Å². The van der Waals surface area contributed by atoms with Gasteiger partial charge in [0.1, 0.15) is 5.60 Å². The van der Waals surface area contributed by atoms with Crippen molar-refractivity contribution < 1.29 is 14.3 Å². The number of ether oxygens (including phenoxy) is 1. The van der Waals surface area contributed by atoms with Gasteiger partial charge < -0.3 is 20.3 Å². The van der Waals surface area contributed by atoms with Crippen molar-refractivity contribution in [1.82, 2.24) is 15.5 Å². The van der Waals surface area contributed by atoms with Gasteiger partial charge in [0.15, 0.2) is 0 Å². The number of carbonyl (C=O) groups excluding carboxylic acids is 2. The molecule has 0 spiro atoms. The van der Waals surface area contributed by atoms with Crippen LogP contribution in [0, 0.1) is 0 Å². The summed E-state index contributed by atoms with van der Waals surface area (Å²) in [4.78, 5) is 25.2. The minimum absolute atomic E-state index is 0.238. The number of carbonyl (C=O) groups is 2. The molecule has 3 amide bonds. The summed E-state index contributed by atoms with van der Waals surface area (Å²) in [6.45, 7) is 7.88. The summed E-state index contributed by atoms with van der Waals surface area (Å²) in [6.07, 6.45) is -0.432. The molecule has 25 heavy (non-hydrogen) atoms. The maximum atomic E-state index is 11.9. The molecule has 0 heterocycles. The van der Waals surface area contributed by atoms with Crippen molar-refractivity contribution in [1.29, 1.82) is 0 Å². The minimum Gasteiger partial charge on any atom is -0.444 e. The number of hydrogen-bond donors (Lipinski definition) is 2. The van der Waals surface area contributed by atoms with Gasteiger partial charge in [-0.25, -0.2) is 9.59 Å². The van der Waals surface area contributed by atoms with Crippen LogP contribution in [0.2, 0.25) is 10.0 Å². The van der Waals surface area contributed by atoms with Crippen LogP contribution in [-0.4, -0.2) is 42.8 Å². The van der Waals surface area contributed by atoms with Gasteiger partial charge in [-0.15, -0.1) is 0 Å². The smallest absolute Gasteiger partial charge is 0.410 e. The summed E-state index contributed by atoms with van der Waals surface area (Å²) >= 11 is 11.9. The molecule has 8 heteroatoms. The second kappa shape index (κ2) is 9.15. The molecule has 1 aromatic rings. The van der Waals surface area contributed by atoms with Gasteiger partial charge in [-0.05, 0) is 45.4 Å². The van der Waals surface area contributed by atoms with Crippen LogP contribution in [0.5, 0.6) is 0 Å². The molecule has 1 unspecified atom stereocenters. The van der Waals surface area contributed by atoms with Gasteiger partial charge in [-0.3, -0.25) is 0 Å². The number of benzene rings is 1. The maximum absolute atomic E-state index is 11.9. The summed E-state index contributed by atoms with van der Waals surface area (Å²) in [5.41, 5.74) is 0.293. The number of rotatable bonds is 5. The topological polar surface area (TPSA) is 70.7 Å². The third-order valence-electron chi connectivity index (χ3n) is 3.23. The lowest BCUT2D eigenvalue weighted by Crippen LogP contribution is -2.42. The van der Waals surface area contributed by atoms with E-state index in [1.54, 1.807) is 46.0 Å². The molecule has 1 aromatic carbocycles. The van der Waals surface area contributed by atoms with Crippen molar-refractivity contribution in [3.8, 4) is 0 Å². The monoisotopic (exact) mass is 389 g/mol. The molecule has 0 aliphatic heterocycles. The molecular weight excluding hydrogens is 365 g/mol. The molecule has 1 atom stereocenters. The van der Waals surface area contributed by atoms with Crippen LogP contribution in [0.4, 0.5) is 9.59 Å². The van der Waals surface area contributed by atoms with Gasteiger partial charge in [0.2, 0.25) is 0 Å². The number of hydrogen-bond acceptors (Lipinski definition) is 3. The summed E-state index contributed by atoms with van der Waals surface area (Å²) in [6, 6.07) is 4.63. The normalized spacial score (nSPS) is 12.3. The Kier molecular flexibility index (Phi) is 7.83. The molecular formula is C17H25Cl2N3O3. The fourth-order valence-corrected chi connectivity index (χ4v) is 2.19. The fraction of sp³-hybridized carbons (Fsp3) is 0.529. The fourth-order valence-electron chi connectivity index (χ4n) is 1.88. The largest absolute Gasteiger partial charge is 0.444 e. The maximum Gasteiger partial charge on any atom is 0.410 e. The quantitative estimate of drug-likeness (QED) is 0.791. The molecule has 0 aliphatic carbocycles. The Balaban J connectivity index is 2.39. The Labute approximate surface area is 158 Å². The Morgan fingerprint density at radius 2 is 1.88 bits per heavy atom. The highest BCUT2D eigenvalue weighted by Crippen LogP contribution is 2.25. The van der Waals surface area contributed by atoms with E-state index in [1.165, 1.54) is 4.90 Å². The van der Waals surface area contributed by atoms with E-state index in [0.29, 0.717) is 23.1 Å². The highest BCUT2D eigenvalue weighted by molar-refractivity contribution is 6.42. The number of halogens is 2. The van der Waals surface area contributed by atoms with E-state index in [9.17, 15) is 9.59 Å². The summed E-state index contributed by atoms with van der Waals surface area (Å²) < 4.78 is 5.24. The second-order valence-corrected chi connectivity index (χ2v) is 7.51. The molecule has 0 fully saturated rings. The number of urea groups is 1. The average molecular weight is 390 g/mol.